The van der Waals surface area contributed by atoms with Gasteiger partial charge in [0.2, 0.25) is 0 Å². The van der Waals surface area contributed by atoms with E-state index in [9.17, 15) is 19.1 Å². The first-order valence-electron chi connectivity index (χ1n) is 9.79. The predicted molar refractivity (Wildman–Crippen MR) is 114 cm³/mol. The maximum atomic E-state index is 13.2. The van der Waals surface area contributed by atoms with E-state index in [0.717, 1.165) is 16.3 Å². The Kier molecular flexibility index (Phi) is 5.42. The lowest BCUT2D eigenvalue weighted by molar-refractivity contribution is 0.0975. The van der Waals surface area contributed by atoms with Gasteiger partial charge < -0.3 is 9.67 Å². The van der Waals surface area contributed by atoms with Crippen LogP contribution in [0.2, 0.25) is 0 Å². The average Bonchev–Trinajstić information content (AvgIpc) is 2.76. The molecule has 0 aliphatic carbocycles. The third-order valence-corrected chi connectivity index (χ3v) is 5.45. The molecule has 0 fully saturated rings. The molecule has 2 heterocycles. The lowest BCUT2D eigenvalue weighted by Crippen LogP contribution is -2.23. The Morgan fingerprint density at radius 3 is 2.60 bits per heavy atom. The van der Waals surface area contributed by atoms with Gasteiger partial charge >= 0.3 is 0 Å². The average molecular weight is 404 g/mol. The molecule has 0 unspecified atom stereocenters. The van der Waals surface area contributed by atoms with E-state index in [2.05, 4.69) is 4.98 Å². The summed E-state index contributed by atoms with van der Waals surface area (Å²) >= 11 is 0. The number of benzene rings is 2. The quantitative estimate of drug-likeness (QED) is 0.389. The zero-order valence-electron chi connectivity index (χ0n) is 16.5. The minimum Gasteiger partial charge on any atom is -0.395 e. The van der Waals surface area contributed by atoms with Crippen LogP contribution in [0.25, 0.3) is 21.7 Å². The number of halogens is 1. The van der Waals surface area contributed by atoms with E-state index >= 15 is 0 Å². The second-order valence-electron chi connectivity index (χ2n) is 7.41. The third kappa shape index (κ3) is 3.62. The van der Waals surface area contributed by atoms with Crippen molar-refractivity contribution in [2.45, 2.75) is 25.8 Å². The summed E-state index contributed by atoms with van der Waals surface area (Å²) in [5.41, 5.74) is 1.74. The minimum atomic E-state index is -0.309. The second kappa shape index (κ2) is 8.16. The lowest BCUT2D eigenvalue weighted by Gasteiger charge is -2.14. The van der Waals surface area contributed by atoms with Crippen molar-refractivity contribution in [3.8, 4) is 0 Å². The van der Waals surface area contributed by atoms with E-state index in [4.69, 9.17) is 0 Å². The van der Waals surface area contributed by atoms with E-state index in [1.807, 2.05) is 13.0 Å². The molecule has 4 aromatic rings. The topological polar surface area (TPSA) is 72.2 Å². The number of hydrogen-bond donors (Lipinski definition) is 1. The highest BCUT2D eigenvalue weighted by molar-refractivity contribution is 6.08. The maximum absolute atomic E-state index is 13.2. The maximum Gasteiger partial charge on any atom is 0.260 e. The molecule has 2 aromatic carbocycles. The molecule has 1 atom stereocenters. The highest BCUT2D eigenvalue weighted by atomic mass is 19.1. The minimum absolute atomic E-state index is 0.0634. The number of nitrogens with zero attached hydrogens (tertiary/aromatic N) is 2. The molecular formula is C24H21FN2O3. The summed E-state index contributed by atoms with van der Waals surface area (Å²) in [5.74, 6) is -0.446. The van der Waals surface area contributed by atoms with Crippen molar-refractivity contribution in [2.24, 2.45) is 0 Å². The van der Waals surface area contributed by atoms with Gasteiger partial charge in [0.05, 0.1) is 17.5 Å². The van der Waals surface area contributed by atoms with Crippen molar-refractivity contribution in [3.05, 3.63) is 88.2 Å². The van der Waals surface area contributed by atoms with E-state index in [1.165, 1.54) is 22.9 Å². The molecule has 1 N–H and O–H groups in total. The molecule has 152 valence electrons. The van der Waals surface area contributed by atoms with E-state index in [0.29, 0.717) is 16.5 Å². The number of hydrogen-bond acceptors (Lipinski definition) is 4. The highest BCUT2D eigenvalue weighted by Gasteiger charge is 2.16. The van der Waals surface area contributed by atoms with Crippen molar-refractivity contribution >= 4 is 27.5 Å². The smallest absolute Gasteiger partial charge is 0.260 e. The summed E-state index contributed by atoms with van der Waals surface area (Å²) in [6.07, 6.45) is 3.41. The van der Waals surface area contributed by atoms with Crippen LogP contribution in [0.3, 0.4) is 0 Å². The Morgan fingerprint density at radius 1 is 1.10 bits per heavy atom. The Bertz CT molecular complexity index is 1300. The van der Waals surface area contributed by atoms with Gasteiger partial charge in [0.25, 0.3) is 5.56 Å². The van der Waals surface area contributed by atoms with Crippen LogP contribution < -0.4 is 5.56 Å². The first kappa shape index (κ1) is 19.9. The zero-order chi connectivity index (χ0) is 21.3. The number of aromatic nitrogens is 2. The molecule has 0 aliphatic rings. The summed E-state index contributed by atoms with van der Waals surface area (Å²) in [6.45, 7) is 1.86. The molecule has 0 radical (unpaired) electrons. The van der Waals surface area contributed by atoms with Gasteiger partial charge in [0.1, 0.15) is 5.82 Å². The SMILES string of the molecule is C[C@@H](CC(=O)c1ccc2c3ccncc3c(=O)n(CCO)c2c1)c1ccc(F)cc1. The summed E-state index contributed by atoms with van der Waals surface area (Å²) in [7, 11) is 0. The van der Waals surface area contributed by atoms with Gasteiger partial charge in [-0.2, -0.15) is 0 Å². The number of pyridine rings is 2. The van der Waals surface area contributed by atoms with Gasteiger partial charge in [-0.15, -0.1) is 0 Å². The molecule has 0 saturated carbocycles. The molecular weight excluding hydrogens is 383 g/mol. The van der Waals surface area contributed by atoms with Crippen LogP contribution in [0.4, 0.5) is 4.39 Å². The normalized spacial score (nSPS) is 12.4. The fraction of sp³-hybridized carbons (Fsp3) is 0.208. The van der Waals surface area contributed by atoms with Crippen LogP contribution in [0.5, 0.6) is 0 Å². The van der Waals surface area contributed by atoms with Crippen molar-refractivity contribution in [3.63, 3.8) is 0 Å². The van der Waals surface area contributed by atoms with Crippen LogP contribution in [-0.2, 0) is 6.54 Å². The van der Waals surface area contributed by atoms with Crippen LogP contribution in [0.1, 0.15) is 35.2 Å². The van der Waals surface area contributed by atoms with Crippen LogP contribution in [0, 0.1) is 5.82 Å². The number of Topliss-reactive ketones (excluding diaryl/α,β-unsaturated/α-hetero) is 1. The Hall–Kier alpha value is -3.38. The van der Waals surface area contributed by atoms with Crippen molar-refractivity contribution < 1.29 is 14.3 Å². The van der Waals surface area contributed by atoms with Gasteiger partial charge in [0.15, 0.2) is 5.78 Å². The van der Waals surface area contributed by atoms with E-state index < -0.39 is 0 Å². The van der Waals surface area contributed by atoms with Crippen molar-refractivity contribution in [1.29, 1.82) is 0 Å². The number of aliphatic hydroxyl groups excluding tert-OH is 1. The first-order valence-corrected chi connectivity index (χ1v) is 9.79. The van der Waals surface area contributed by atoms with Crippen LogP contribution in [0.15, 0.2) is 65.7 Å². The van der Waals surface area contributed by atoms with Gasteiger partial charge in [-0.1, -0.05) is 31.2 Å². The molecule has 0 aliphatic heterocycles. The predicted octanol–water partition coefficient (Wildman–Crippen LogP) is 4.06. The molecule has 0 bridgehead atoms. The monoisotopic (exact) mass is 404 g/mol. The second-order valence-corrected chi connectivity index (χ2v) is 7.41. The fourth-order valence-corrected chi connectivity index (χ4v) is 3.84. The lowest BCUT2D eigenvalue weighted by atomic mass is 9.92. The number of rotatable bonds is 6. The number of aliphatic hydroxyl groups is 1. The molecule has 0 saturated heterocycles. The molecule has 6 heteroatoms. The van der Waals surface area contributed by atoms with Crippen LogP contribution in [-0.4, -0.2) is 27.0 Å². The molecule has 0 spiro atoms. The van der Waals surface area contributed by atoms with Gasteiger partial charge in [0, 0.05) is 36.3 Å². The molecule has 4 rings (SSSR count). The Labute approximate surface area is 172 Å². The van der Waals surface area contributed by atoms with Gasteiger partial charge in [-0.25, -0.2) is 4.39 Å². The Balaban J connectivity index is 1.76. The molecule has 5 nitrogen and oxygen atoms in total. The first-order chi connectivity index (χ1) is 14.5. The van der Waals surface area contributed by atoms with Crippen LogP contribution >= 0.6 is 0 Å². The fourth-order valence-electron chi connectivity index (χ4n) is 3.84. The summed E-state index contributed by atoms with van der Waals surface area (Å²) in [6, 6.07) is 13.2. The van der Waals surface area contributed by atoms with Gasteiger partial charge in [-0.3, -0.25) is 14.6 Å². The zero-order valence-corrected chi connectivity index (χ0v) is 16.5. The standard InChI is InChI=1S/C24H21FN2O3/c1-15(16-2-5-18(25)6-3-16)12-23(29)17-4-7-20-19-8-9-26-14-21(19)24(30)27(10-11-28)22(20)13-17/h2-9,13-15,28H,10-12H2,1H3/t15-/m0/s1. The number of ketones is 1. The van der Waals surface area contributed by atoms with Crippen molar-refractivity contribution in [2.75, 3.05) is 6.61 Å². The van der Waals surface area contributed by atoms with Gasteiger partial charge in [-0.05, 0) is 41.1 Å². The number of fused-ring (bicyclic) bond motifs is 3. The molecule has 30 heavy (non-hydrogen) atoms. The molecule has 2 aromatic heterocycles. The van der Waals surface area contributed by atoms with E-state index in [1.54, 1.807) is 36.5 Å². The highest BCUT2D eigenvalue weighted by Crippen LogP contribution is 2.26. The van der Waals surface area contributed by atoms with E-state index in [-0.39, 0.29) is 42.7 Å². The summed E-state index contributed by atoms with van der Waals surface area (Å²) < 4.78 is 14.6. The molecule has 0 amide bonds. The summed E-state index contributed by atoms with van der Waals surface area (Å²) in [4.78, 5) is 29.9. The number of carbonyl (C=O) groups is 1. The largest absolute Gasteiger partial charge is 0.395 e. The summed E-state index contributed by atoms with van der Waals surface area (Å²) in [5, 5.41) is 11.5. The third-order valence-electron chi connectivity index (χ3n) is 5.45. The van der Waals surface area contributed by atoms with Crippen molar-refractivity contribution in [1.82, 2.24) is 9.55 Å². The number of carbonyl (C=O) groups excluding carboxylic acids is 1. The Morgan fingerprint density at radius 2 is 1.87 bits per heavy atom.